The summed E-state index contributed by atoms with van der Waals surface area (Å²) < 4.78 is 31.8. The summed E-state index contributed by atoms with van der Waals surface area (Å²) in [4.78, 5) is 11.1. The standard InChI is InChI=1S/C13H20N2O4S/c1-9(2)8-14-20(17,18)11-5-6-12(15-10(3)16)13(7-11)19-4/h5-7,9,14H,8H2,1-4H3,(H,15,16). The number of carbonyl (C=O) groups excluding carboxylic acids is 1. The summed E-state index contributed by atoms with van der Waals surface area (Å²) in [5, 5.41) is 2.57. The van der Waals surface area contributed by atoms with Crippen LogP contribution in [0.25, 0.3) is 0 Å². The molecule has 1 rings (SSSR count). The van der Waals surface area contributed by atoms with E-state index in [1.54, 1.807) is 0 Å². The maximum Gasteiger partial charge on any atom is 0.240 e. The number of nitrogens with one attached hydrogen (secondary N) is 2. The van der Waals surface area contributed by atoms with Gasteiger partial charge in [0, 0.05) is 19.5 Å². The van der Waals surface area contributed by atoms with E-state index < -0.39 is 10.0 Å². The molecule has 1 aromatic rings. The second-order valence-electron chi connectivity index (χ2n) is 4.79. The highest BCUT2D eigenvalue weighted by Crippen LogP contribution is 2.27. The molecule has 0 saturated carbocycles. The van der Waals surface area contributed by atoms with Gasteiger partial charge in [0.2, 0.25) is 15.9 Å². The second kappa shape index (κ2) is 6.71. The smallest absolute Gasteiger partial charge is 0.240 e. The molecule has 0 aliphatic heterocycles. The van der Waals surface area contributed by atoms with Crippen LogP contribution in [0.4, 0.5) is 5.69 Å². The minimum Gasteiger partial charge on any atom is -0.495 e. The molecule has 0 aliphatic carbocycles. The Kier molecular flexibility index (Phi) is 5.52. The minimum atomic E-state index is -3.58. The molecule has 6 nitrogen and oxygen atoms in total. The number of amides is 1. The Morgan fingerprint density at radius 1 is 1.35 bits per heavy atom. The molecule has 1 aromatic carbocycles. The van der Waals surface area contributed by atoms with Gasteiger partial charge < -0.3 is 10.1 Å². The van der Waals surface area contributed by atoms with E-state index in [9.17, 15) is 13.2 Å². The molecule has 0 heterocycles. The first-order valence-electron chi connectivity index (χ1n) is 6.21. The van der Waals surface area contributed by atoms with Crippen molar-refractivity contribution in [3.8, 4) is 5.75 Å². The molecule has 0 fully saturated rings. The van der Waals surface area contributed by atoms with Crippen LogP contribution in [0.5, 0.6) is 5.75 Å². The molecular formula is C13H20N2O4S. The second-order valence-corrected chi connectivity index (χ2v) is 6.56. The molecule has 0 unspecified atom stereocenters. The molecule has 0 saturated heterocycles. The highest BCUT2D eigenvalue weighted by molar-refractivity contribution is 7.89. The zero-order valence-corrected chi connectivity index (χ0v) is 12.9. The van der Waals surface area contributed by atoms with E-state index in [1.807, 2.05) is 13.8 Å². The summed E-state index contributed by atoms with van der Waals surface area (Å²) in [5.41, 5.74) is 0.433. The normalized spacial score (nSPS) is 11.4. The third-order valence-corrected chi connectivity index (χ3v) is 3.90. The van der Waals surface area contributed by atoms with Crippen LogP contribution in [-0.4, -0.2) is 28.0 Å². The van der Waals surface area contributed by atoms with Crippen molar-refractivity contribution in [2.45, 2.75) is 25.7 Å². The number of carbonyl (C=O) groups is 1. The van der Waals surface area contributed by atoms with Gasteiger partial charge in [-0.25, -0.2) is 13.1 Å². The Hall–Kier alpha value is -1.60. The Labute approximate surface area is 119 Å². The lowest BCUT2D eigenvalue weighted by Gasteiger charge is -2.12. The van der Waals surface area contributed by atoms with Gasteiger partial charge in [-0.3, -0.25) is 4.79 Å². The maximum absolute atomic E-state index is 12.1. The van der Waals surface area contributed by atoms with Crippen LogP contribution in [0, 0.1) is 5.92 Å². The molecule has 0 atom stereocenters. The molecule has 112 valence electrons. The van der Waals surface area contributed by atoms with Crippen molar-refractivity contribution in [1.82, 2.24) is 4.72 Å². The number of anilines is 1. The lowest BCUT2D eigenvalue weighted by molar-refractivity contribution is -0.114. The van der Waals surface area contributed by atoms with E-state index >= 15 is 0 Å². The number of ether oxygens (including phenoxy) is 1. The zero-order valence-electron chi connectivity index (χ0n) is 12.1. The minimum absolute atomic E-state index is 0.101. The van der Waals surface area contributed by atoms with Gasteiger partial charge in [0.15, 0.2) is 0 Å². The van der Waals surface area contributed by atoms with Gasteiger partial charge in [-0.15, -0.1) is 0 Å². The molecule has 7 heteroatoms. The summed E-state index contributed by atoms with van der Waals surface area (Å²) in [7, 11) is -2.16. The predicted octanol–water partition coefficient (Wildman–Crippen LogP) is 1.59. The number of rotatable bonds is 6. The first-order valence-corrected chi connectivity index (χ1v) is 7.70. The van der Waals surface area contributed by atoms with Crippen LogP contribution in [0.1, 0.15) is 20.8 Å². The number of hydrogen-bond donors (Lipinski definition) is 2. The van der Waals surface area contributed by atoms with Crippen molar-refractivity contribution >= 4 is 21.6 Å². The monoisotopic (exact) mass is 300 g/mol. The number of benzene rings is 1. The topological polar surface area (TPSA) is 84.5 Å². The fourth-order valence-electron chi connectivity index (χ4n) is 1.49. The molecule has 1 amide bonds. The maximum atomic E-state index is 12.1. The van der Waals surface area contributed by atoms with Crippen molar-refractivity contribution in [2.24, 2.45) is 5.92 Å². The van der Waals surface area contributed by atoms with Crippen LogP contribution in [0.15, 0.2) is 23.1 Å². The van der Waals surface area contributed by atoms with Gasteiger partial charge in [0.25, 0.3) is 0 Å². The molecule has 0 spiro atoms. The van der Waals surface area contributed by atoms with Gasteiger partial charge in [0.05, 0.1) is 17.7 Å². The first kappa shape index (κ1) is 16.5. The molecule has 0 aliphatic rings. The SMILES string of the molecule is COc1cc(S(=O)(=O)NCC(C)C)ccc1NC(C)=O. The van der Waals surface area contributed by atoms with Gasteiger partial charge >= 0.3 is 0 Å². The van der Waals surface area contributed by atoms with E-state index in [2.05, 4.69) is 10.0 Å². The molecule has 0 aromatic heterocycles. The summed E-state index contributed by atoms with van der Waals surface area (Å²) >= 11 is 0. The van der Waals surface area contributed by atoms with Gasteiger partial charge in [-0.2, -0.15) is 0 Å². The van der Waals surface area contributed by atoms with Crippen molar-refractivity contribution in [3.05, 3.63) is 18.2 Å². The summed E-state index contributed by atoms with van der Waals surface area (Å²) in [6, 6.07) is 4.31. The first-order chi connectivity index (χ1) is 9.26. The fourth-order valence-corrected chi connectivity index (χ4v) is 2.72. The van der Waals surface area contributed by atoms with Gasteiger partial charge in [-0.05, 0) is 18.1 Å². The summed E-state index contributed by atoms with van der Waals surface area (Å²) in [5.74, 6) is 0.259. The Morgan fingerprint density at radius 2 is 2.00 bits per heavy atom. The van der Waals surface area contributed by atoms with Crippen molar-refractivity contribution < 1.29 is 17.9 Å². The molecule has 0 bridgehead atoms. The summed E-state index contributed by atoms with van der Waals surface area (Å²) in [6.45, 7) is 5.57. The van der Waals surface area contributed by atoms with Crippen LogP contribution in [-0.2, 0) is 14.8 Å². The van der Waals surface area contributed by atoms with E-state index in [4.69, 9.17) is 4.74 Å². The zero-order chi connectivity index (χ0) is 15.3. The number of hydrogen-bond acceptors (Lipinski definition) is 4. The third kappa shape index (κ3) is 4.50. The molecule has 2 N–H and O–H groups in total. The quantitative estimate of drug-likeness (QED) is 0.835. The van der Waals surface area contributed by atoms with E-state index in [-0.39, 0.29) is 16.7 Å². The van der Waals surface area contributed by atoms with Gasteiger partial charge in [-0.1, -0.05) is 13.8 Å². The lowest BCUT2D eigenvalue weighted by atomic mass is 10.2. The van der Waals surface area contributed by atoms with Crippen molar-refractivity contribution in [2.75, 3.05) is 19.0 Å². The Bertz CT molecular complexity index is 582. The van der Waals surface area contributed by atoms with Gasteiger partial charge in [0.1, 0.15) is 5.75 Å². The van der Waals surface area contributed by atoms with Crippen LogP contribution in [0.3, 0.4) is 0 Å². The molecule has 20 heavy (non-hydrogen) atoms. The summed E-state index contributed by atoms with van der Waals surface area (Å²) in [6.07, 6.45) is 0. The average Bonchev–Trinajstić information content (AvgIpc) is 2.36. The molecule has 0 radical (unpaired) electrons. The number of methoxy groups -OCH3 is 1. The Balaban J connectivity index is 3.05. The van der Waals surface area contributed by atoms with E-state index in [0.29, 0.717) is 18.0 Å². The largest absolute Gasteiger partial charge is 0.495 e. The third-order valence-electron chi connectivity index (χ3n) is 2.48. The van der Waals surface area contributed by atoms with Crippen LogP contribution in [0.2, 0.25) is 0 Å². The highest BCUT2D eigenvalue weighted by atomic mass is 32.2. The predicted molar refractivity (Wildman–Crippen MR) is 77.3 cm³/mol. The highest BCUT2D eigenvalue weighted by Gasteiger charge is 2.17. The van der Waals surface area contributed by atoms with E-state index in [0.717, 1.165) is 0 Å². The van der Waals surface area contributed by atoms with Crippen molar-refractivity contribution in [1.29, 1.82) is 0 Å². The Morgan fingerprint density at radius 3 is 2.50 bits per heavy atom. The van der Waals surface area contributed by atoms with Crippen LogP contribution < -0.4 is 14.8 Å². The molecular weight excluding hydrogens is 280 g/mol. The lowest BCUT2D eigenvalue weighted by Crippen LogP contribution is -2.27. The number of sulfonamides is 1. The van der Waals surface area contributed by atoms with E-state index in [1.165, 1.54) is 32.2 Å². The van der Waals surface area contributed by atoms with Crippen molar-refractivity contribution in [3.63, 3.8) is 0 Å². The fraction of sp³-hybridized carbons (Fsp3) is 0.462. The van der Waals surface area contributed by atoms with Crippen LogP contribution >= 0.6 is 0 Å². The average molecular weight is 300 g/mol.